The predicted molar refractivity (Wildman–Crippen MR) is 108 cm³/mol. The number of likely N-dealkylation sites (N-methyl/N-ethyl adjacent to an activating group) is 1. The van der Waals surface area contributed by atoms with Crippen LogP contribution in [0.2, 0.25) is 0 Å². The lowest BCUT2D eigenvalue weighted by Gasteiger charge is -2.25. The molecule has 8 heteroatoms. The number of methoxy groups -OCH3 is 1. The molecule has 0 amide bonds. The first-order chi connectivity index (χ1) is 13.5. The number of hydrogen-bond acceptors (Lipinski definition) is 7. The van der Waals surface area contributed by atoms with E-state index in [-0.39, 0.29) is 13.2 Å². The standard InChI is InChI=1S/C20H27N5O3/c1-20(11-26,12-27)10-25-14-23-17-18(21-13-22-19(17)25)24(2)9-8-15-6-4-5-7-16(15)28-3/h4-7,13-14,26-27H,8-12H2,1-3H3. The Morgan fingerprint density at radius 1 is 1.14 bits per heavy atom. The molecule has 0 radical (unpaired) electrons. The Balaban J connectivity index is 1.81. The van der Waals surface area contributed by atoms with E-state index < -0.39 is 5.41 Å². The molecule has 3 rings (SSSR count). The predicted octanol–water partition coefficient (Wildman–Crippen LogP) is 1.50. The zero-order valence-corrected chi connectivity index (χ0v) is 16.5. The topological polar surface area (TPSA) is 96.5 Å². The van der Waals surface area contributed by atoms with Crippen LogP contribution in [0, 0.1) is 5.41 Å². The van der Waals surface area contributed by atoms with Crippen LogP contribution < -0.4 is 9.64 Å². The summed E-state index contributed by atoms with van der Waals surface area (Å²) in [5.41, 5.74) is 1.87. The Morgan fingerprint density at radius 3 is 2.61 bits per heavy atom. The molecule has 0 unspecified atom stereocenters. The van der Waals surface area contributed by atoms with Gasteiger partial charge in [-0.15, -0.1) is 0 Å². The van der Waals surface area contributed by atoms with Gasteiger partial charge in [0.25, 0.3) is 0 Å². The molecule has 2 N–H and O–H groups in total. The molecule has 0 saturated carbocycles. The fourth-order valence-corrected chi connectivity index (χ4v) is 3.13. The van der Waals surface area contributed by atoms with Gasteiger partial charge in [-0.1, -0.05) is 25.1 Å². The number of imidazole rings is 1. The van der Waals surface area contributed by atoms with Crippen molar-refractivity contribution in [3.05, 3.63) is 42.5 Å². The van der Waals surface area contributed by atoms with Crippen molar-refractivity contribution in [3.8, 4) is 5.75 Å². The van der Waals surface area contributed by atoms with Gasteiger partial charge in [-0.05, 0) is 18.1 Å². The number of rotatable bonds is 9. The fourth-order valence-electron chi connectivity index (χ4n) is 3.13. The van der Waals surface area contributed by atoms with Crippen LogP contribution in [0.25, 0.3) is 11.2 Å². The summed E-state index contributed by atoms with van der Waals surface area (Å²) in [6, 6.07) is 7.97. The molecule has 28 heavy (non-hydrogen) atoms. The number of hydrogen-bond donors (Lipinski definition) is 2. The molecule has 0 bridgehead atoms. The molecule has 3 aromatic rings. The monoisotopic (exact) mass is 385 g/mol. The number of fused-ring (bicyclic) bond motifs is 1. The number of aliphatic hydroxyl groups is 2. The van der Waals surface area contributed by atoms with E-state index in [1.807, 2.05) is 41.6 Å². The second-order valence-electron chi connectivity index (χ2n) is 7.35. The SMILES string of the molecule is COc1ccccc1CCN(C)c1ncnc2c1ncn2CC(C)(CO)CO. The first-order valence-electron chi connectivity index (χ1n) is 9.22. The van der Waals surface area contributed by atoms with Crippen LogP contribution in [0.1, 0.15) is 12.5 Å². The molecular formula is C20H27N5O3. The molecule has 0 atom stereocenters. The summed E-state index contributed by atoms with van der Waals surface area (Å²) in [5, 5.41) is 19.1. The van der Waals surface area contributed by atoms with Gasteiger partial charge in [0.2, 0.25) is 0 Å². The maximum Gasteiger partial charge on any atom is 0.165 e. The van der Waals surface area contributed by atoms with E-state index in [1.54, 1.807) is 13.4 Å². The van der Waals surface area contributed by atoms with Gasteiger partial charge in [0.05, 0.1) is 26.7 Å². The van der Waals surface area contributed by atoms with Crippen molar-refractivity contribution in [2.24, 2.45) is 5.41 Å². The summed E-state index contributed by atoms with van der Waals surface area (Å²) < 4.78 is 7.27. The molecular weight excluding hydrogens is 358 g/mol. The third kappa shape index (κ3) is 4.07. The lowest BCUT2D eigenvalue weighted by molar-refractivity contribution is 0.0562. The number of aliphatic hydroxyl groups excluding tert-OH is 2. The molecule has 8 nitrogen and oxygen atoms in total. The van der Waals surface area contributed by atoms with Gasteiger partial charge in [0, 0.05) is 25.6 Å². The van der Waals surface area contributed by atoms with Gasteiger partial charge in [-0.3, -0.25) is 0 Å². The third-order valence-corrected chi connectivity index (χ3v) is 4.97. The number of benzene rings is 1. The maximum atomic E-state index is 9.57. The van der Waals surface area contributed by atoms with Crippen molar-refractivity contribution < 1.29 is 14.9 Å². The number of ether oxygens (including phenoxy) is 1. The number of nitrogens with zero attached hydrogens (tertiary/aromatic N) is 5. The minimum atomic E-state index is -0.644. The van der Waals surface area contributed by atoms with E-state index in [9.17, 15) is 10.2 Å². The molecule has 150 valence electrons. The van der Waals surface area contributed by atoms with Crippen molar-refractivity contribution in [2.75, 3.05) is 38.8 Å². The van der Waals surface area contributed by atoms with Crippen molar-refractivity contribution >= 4 is 17.0 Å². The van der Waals surface area contributed by atoms with Crippen molar-refractivity contribution in [3.63, 3.8) is 0 Å². The van der Waals surface area contributed by atoms with Crippen LogP contribution in [-0.2, 0) is 13.0 Å². The molecule has 2 aromatic heterocycles. The zero-order chi connectivity index (χ0) is 20.1. The van der Waals surface area contributed by atoms with Crippen molar-refractivity contribution in [1.82, 2.24) is 19.5 Å². The lowest BCUT2D eigenvalue weighted by atomic mass is 9.93. The number of anilines is 1. The molecule has 1 aromatic carbocycles. The van der Waals surface area contributed by atoms with Crippen LogP contribution in [-0.4, -0.2) is 63.6 Å². The molecule has 0 spiro atoms. The largest absolute Gasteiger partial charge is 0.496 e. The number of aromatic nitrogens is 4. The van der Waals surface area contributed by atoms with E-state index in [1.165, 1.54) is 6.33 Å². The van der Waals surface area contributed by atoms with Gasteiger partial charge in [-0.2, -0.15) is 0 Å². The van der Waals surface area contributed by atoms with Crippen molar-refractivity contribution in [2.45, 2.75) is 19.9 Å². The maximum absolute atomic E-state index is 9.57. The van der Waals surface area contributed by atoms with Crippen LogP contribution in [0.3, 0.4) is 0 Å². The summed E-state index contributed by atoms with van der Waals surface area (Å²) in [4.78, 5) is 15.3. The summed E-state index contributed by atoms with van der Waals surface area (Å²) in [6.45, 7) is 2.72. The smallest absolute Gasteiger partial charge is 0.165 e. The average Bonchev–Trinajstić information content (AvgIpc) is 3.14. The minimum Gasteiger partial charge on any atom is -0.496 e. The molecule has 0 saturated heterocycles. The van der Waals surface area contributed by atoms with E-state index in [4.69, 9.17) is 4.74 Å². The second kappa shape index (κ2) is 8.53. The van der Waals surface area contributed by atoms with Gasteiger partial charge in [0.1, 0.15) is 12.1 Å². The van der Waals surface area contributed by atoms with E-state index in [2.05, 4.69) is 21.0 Å². The Hall–Kier alpha value is -2.71. The highest BCUT2D eigenvalue weighted by Crippen LogP contribution is 2.25. The average molecular weight is 385 g/mol. The molecule has 0 aliphatic heterocycles. The third-order valence-electron chi connectivity index (χ3n) is 4.97. The zero-order valence-electron chi connectivity index (χ0n) is 16.5. The first kappa shape index (κ1) is 20.0. The highest BCUT2D eigenvalue weighted by molar-refractivity contribution is 5.83. The lowest BCUT2D eigenvalue weighted by Crippen LogP contribution is -2.31. The fraction of sp³-hybridized carbons (Fsp3) is 0.450. The molecule has 0 fully saturated rings. The minimum absolute atomic E-state index is 0.125. The Kier molecular flexibility index (Phi) is 6.11. The molecule has 2 heterocycles. The first-order valence-corrected chi connectivity index (χ1v) is 9.22. The molecule has 0 aliphatic carbocycles. The van der Waals surface area contributed by atoms with Gasteiger partial charge in [0.15, 0.2) is 17.0 Å². The quantitative estimate of drug-likeness (QED) is 0.576. The normalized spacial score (nSPS) is 11.8. The van der Waals surface area contributed by atoms with E-state index in [0.717, 1.165) is 30.1 Å². The van der Waals surface area contributed by atoms with Crippen LogP contribution >= 0.6 is 0 Å². The summed E-state index contributed by atoms with van der Waals surface area (Å²) in [6.07, 6.45) is 4.00. The Morgan fingerprint density at radius 2 is 1.89 bits per heavy atom. The van der Waals surface area contributed by atoms with E-state index >= 15 is 0 Å². The van der Waals surface area contributed by atoms with Gasteiger partial charge < -0.3 is 24.4 Å². The molecule has 0 aliphatic rings. The van der Waals surface area contributed by atoms with Crippen LogP contribution in [0.15, 0.2) is 36.9 Å². The Bertz CT molecular complexity index is 923. The summed E-state index contributed by atoms with van der Waals surface area (Å²) >= 11 is 0. The summed E-state index contributed by atoms with van der Waals surface area (Å²) in [5.74, 6) is 1.62. The van der Waals surface area contributed by atoms with Crippen LogP contribution in [0.5, 0.6) is 5.75 Å². The second-order valence-corrected chi connectivity index (χ2v) is 7.35. The van der Waals surface area contributed by atoms with Gasteiger partial charge >= 0.3 is 0 Å². The van der Waals surface area contributed by atoms with Crippen LogP contribution in [0.4, 0.5) is 5.82 Å². The highest BCUT2D eigenvalue weighted by atomic mass is 16.5. The summed E-state index contributed by atoms with van der Waals surface area (Å²) in [7, 11) is 3.65. The highest BCUT2D eigenvalue weighted by Gasteiger charge is 2.25. The number of para-hydroxylation sites is 1. The van der Waals surface area contributed by atoms with Crippen molar-refractivity contribution in [1.29, 1.82) is 0 Å². The Labute approximate surface area is 164 Å². The van der Waals surface area contributed by atoms with E-state index in [0.29, 0.717) is 17.7 Å². The van der Waals surface area contributed by atoms with Gasteiger partial charge in [-0.25, -0.2) is 15.0 Å².